The van der Waals surface area contributed by atoms with Gasteiger partial charge in [0.25, 0.3) is 5.91 Å². The molecular formula is C28H26N6O2. The van der Waals surface area contributed by atoms with E-state index >= 15 is 0 Å². The van der Waals surface area contributed by atoms with Crippen LogP contribution in [0.15, 0.2) is 84.7 Å². The van der Waals surface area contributed by atoms with E-state index in [-0.39, 0.29) is 17.7 Å². The average Bonchev–Trinajstić information content (AvgIpc) is 3.54. The van der Waals surface area contributed by atoms with Crippen LogP contribution >= 0.6 is 0 Å². The molecule has 0 atom stereocenters. The highest BCUT2D eigenvalue weighted by Crippen LogP contribution is 2.30. The largest absolute Gasteiger partial charge is 0.371 e. The number of fused-ring (bicyclic) bond motifs is 1. The lowest BCUT2D eigenvalue weighted by molar-refractivity contribution is -0.117. The van der Waals surface area contributed by atoms with Gasteiger partial charge >= 0.3 is 0 Å². The lowest BCUT2D eigenvalue weighted by Crippen LogP contribution is -2.21. The van der Waals surface area contributed by atoms with Crippen molar-refractivity contribution in [3.8, 4) is 11.3 Å². The number of carbonyl (C=O) groups excluding carboxylic acids is 2. The molecule has 1 saturated carbocycles. The van der Waals surface area contributed by atoms with Gasteiger partial charge in [0.1, 0.15) is 0 Å². The Morgan fingerprint density at radius 2 is 1.72 bits per heavy atom. The number of hydrogen-bond donors (Lipinski definition) is 2. The van der Waals surface area contributed by atoms with Crippen LogP contribution in [0.1, 0.15) is 35.2 Å². The molecule has 2 aliphatic rings. The number of pyridine rings is 1. The van der Waals surface area contributed by atoms with E-state index < -0.39 is 0 Å². The van der Waals surface area contributed by atoms with Crippen LogP contribution in [0.3, 0.4) is 0 Å². The Morgan fingerprint density at radius 3 is 2.50 bits per heavy atom. The number of anilines is 1. The van der Waals surface area contributed by atoms with Gasteiger partial charge in [-0.05, 0) is 42.7 Å². The van der Waals surface area contributed by atoms with Crippen LogP contribution in [0.2, 0.25) is 0 Å². The van der Waals surface area contributed by atoms with Gasteiger partial charge < -0.3 is 10.2 Å². The number of carbonyl (C=O) groups is 2. The predicted molar refractivity (Wildman–Crippen MR) is 137 cm³/mol. The van der Waals surface area contributed by atoms with Crippen molar-refractivity contribution in [2.75, 3.05) is 11.9 Å². The van der Waals surface area contributed by atoms with E-state index in [1.807, 2.05) is 66.9 Å². The molecule has 1 aliphatic heterocycles. The number of benzene rings is 2. The number of nitrogens with one attached hydrogen (secondary N) is 2. The third-order valence-corrected chi connectivity index (χ3v) is 6.50. The standard InChI is InChI=1S/C28H26N6O2/c35-26(29-23-15-16-33(18-23)17-19-5-2-1-3-6-19)21-11-9-20(10-12-21)24-7-4-8-25-30-28(32-34(24)25)31-27(36)22-13-14-22/h1-12,18,22H,13-17H2,(H,29,35)(H,31,32,36). The molecule has 1 aliphatic carbocycles. The smallest absolute Gasteiger partial charge is 0.255 e. The summed E-state index contributed by atoms with van der Waals surface area (Å²) >= 11 is 0. The number of aromatic nitrogens is 3. The van der Waals surface area contributed by atoms with Gasteiger partial charge in [-0.15, -0.1) is 5.10 Å². The summed E-state index contributed by atoms with van der Waals surface area (Å²) in [6, 6.07) is 23.4. The van der Waals surface area contributed by atoms with Crippen LogP contribution < -0.4 is 10.6 Å². The van der Waals surface area contributed by atoms with Gasteiger partial charge in [-0.3, -0.25) is 14.9 Å². The number of nitrogens with zero attached hydrogens (tertiary/aromatic N) is 4. The van der Waals surface area contributed by atoms with Gasteiger partial charge in [-0.2, -0.15) is 4.98 Å². The number of rotatable bonds is 7. The molecule has 8 nitrogen and oxygen atoms in total. The molecular weight excluding hydrogens is 452 g/mol. The maximum Gasteiger partial charge on any atom is 0.255 e. The van der Waals surface area contributed by atoms with E-state index in [0.29, 0.717) is 17.2 Å². The SMILES string of the molecule is O=C(NC1=CN(Cc2ccccc2)CC1)c1ccc(-c2cccc3nc(NC(=O)C4CC4)nn23)cc1. The molecule has 36 heavy (non-hydrogen) atoms. The molecule has 0 radical (unpaired) electrons. The van der Waals surface area contributed by atoms with Crippen LogP contribution in [0.25, 0.3) is 16.9 Å². The summed E-state index contributed by atoms with van der Waals surface area (Å²) < 4.78 is 1.71. The molecule has 2 aromatic heterocycles. The molecule has 2 aromatic carbocycles. The minimum absolute atomic E-state index is 0.0246. The molecule has 2 amide bonds. The average molecular weight is 479 g/mol. The van der Waals surface area contributed by atoms with E-state index in [4.69, 9.17) is 0 Å². The first-order valence-corrected chi connectivity index (χ1v) is 12.2. The number of amides is 2. The van der Waals surface area contributed by atoms with Crippen molar-refractivity contribution in [3.63, 3.8) is 0 Å². The Balaban J connectivity index is 1.14. The molecule has 3 heterocycles. The van der Waals surface area contributed by atoms with Crippen molar-refractivity contribution < 1.29 is 9.59 Å². The summed E-state index contributed by atoms with van der Waals surface area (Å²) in [5.41, 5.74) is 5.13. The molecule has 0 spiro atoms. The summed E-state index contributed by atoms with van der Waals surface area (Å²) in [5, 5.41) is 10.3. The molecule has 8 heteroatoms. The van der Waals surface area contributed by atoms with Gasteiger partial charge in [-0.1, -0.05) is 48.5 Å². The van der Waals surface area contributed by atoms with Crippen molar-refractivity contribution in [2.45, 2.75) is 25.8 Å². The first-order valence-electron chi connectivity index (χ1n) is 12.2. The fraction of sp³-hybridized carbons (Fsp3) is 0.214. The van der Waals surface area contributed by atoms with Gasteiger partial charge in [0.05, 0.1) is 5.69 Å². The summed E-state index contributed by atoms with van der Waals surface area (Å²) in [6.07, 6.45) is 4.69. The molecule has 4 aromatic rings. The highest BCUT2D eigenvalue weighted by Gasteiger charge is 2.30. The second-order valence-corrected chi connectivity index (χ2v) is 9.27. The summed E-state index contributed by atoms with van der Waals surface area (Å²) in [5.74, 6) is 0.241. The zero-order valence-corrected chi connectivity index (χ0v) is 19.7. The normalized spacial score (nSPS) is 15.1. The Kier molecular flexibility index (Phi) is 5.69. The monoisotopic (exact) mass is 478 g/mol. The topological polar surface area (TPSA) is 91.6 Å². The Morgan fingerprint density at radius 1 is 0.917 bits per heavy atom. The molecule has 6 rings (SSSR count). The quantitative estimate of drug-likeness (QED) is 0.415. The molecule has 0 unspecified atom stereocenters. The lowest BCUT2D eigenvalue weighted by atomic mass is 10.1. The predicted octanol–water partition coefficient (Wildman–Crippen LogP) is 4.22. The van der Waals surface area contributed by atoms with Crippen LogP contribution in [0.4, 0.5) is 5.95 Å². The molecule has 0 bridgehead atoms. The zero-order valence-electron chi connectivity index (χ0n) is 19.7. The van der Waals surface area contributed by atoms with Crippen molar-refractivity contribution >= 4 is 23.4 Å². The third-order valence-electron chi connectivity index (χ3n) is 6.50. The van der Waals surface area contributed by atoms with Gasteiger partial charge in [-0.25, -0.2) is 4.52 Å². The third kappa shape index (κ3) is 4.70. The van der Waals surface area contributed by atoms with E-state index in [2.05, 4.69) is 37.7 Å². The minimum Gasteiger partial charge on any atom is -0.371 e. The van der Waals surface area contributed by atoms with Gasteiger partial charge in [0.2, 0.25) is 11.9 Å². The Bertz CT molecular complexity index is 1450. The van der Waals surface area contributed by atoms with Crippen molar-refractivity contribution in [1.29, 1.82) is 0 Å². The molecule has 180 valence electrons. The minimum atomic E-state index is -0.126. The maximum absolute atomic E-state index is 12.9. The summed E-state index contributed by atoms with van der Waals surface area (Å²) in [4.78, 5) is 31.6. The van der Waals surface area contributed by atoms with E-state index in [0.717, 1.165) is 49.3 Å². The zero-order chi connectivity index (χ0) is 24.5. The first-order chi connectivity index (χ1) is 17.6. The lowest BCUT2D eigenvalue weighted by Gasteiger charge is -2.14. The Hall–Kier alpha value is -4.46. The second kappa shape index (κ2) is 9.30. The second-order valence-electron chi connectivity index (χ2n) is 9.27. The summed E-state index contributed by atoms with van der Waals surface area (Å²) in [7, 11) is 0. The maximum atomic E-state index is 12.9. The molecule has 0 saturated heterocycles. The molecule has 2 N–H and O–H groups in total. The van der Waals surface area contributed by atoms with E-state index in [1.54, 1.807) is 4.52 Å². The van der Waals surface area contributed by atoms with Crippen LogP contribution in [-0.2, 0) is 11.3 Å². The van der Waals surface area contributed by atoms with Crippen molar-refractivity contribution in [3.05, 3.63) is 95.8 Å². The van der Waals surface area contributed by atoms with Crippen LogP contribution in [0, 0.1) is 5.92 Å². The fourth-order valence-corrected chi connectivity index (χ4v) is 4.40. The van der Waals surface area contributed by atoms with Gasteiger partial charge in [0.15, 0.2) is 5.65 Å². The molecule has 1 fully saturated rings. The highest BCUT2D eigenvalue weighted by atomic mass is 16.2. The van der Waals surface area contributed by atoms with E-state index in [9.17, 15) is 9.59 Å². The summed E-state index contributed by atoms with van der Waals surface area (Å²) in [6.45, 7) is 1.71. The fourth-order valence-electron chi connectivity index (χ4n) is 4.40. The van der Waals surface area contributed by atoms with Crippen LogP contribution in [-0.4, -0.2) is 37.9 Å². The number of hydrogen-bond acceptors (Lipinski definition) is 5. The first kappa shape index (κ1) is 22.0. The Labute approximate surface area is 208 Å². The van der Waals surface area contributed by atoms with Gasteiger partial charge in [0, 0.05) is 48.5 Å². The highest BCUT2D eigenvalue weighted by molar-refractivity contribution is 5.96. The van der Waals surface area contributed by atoms with Crippen LogP contribution in [0.5, 0.6) is 0 Å². The van der Waals surface area contributed by atoms with E-state index in [1.165, 1.54) is 5.56 Å². The van der Waals surface area contributed by atoms with Crippen molar-refractivity contribution in [2.24, 2.45) is 5.92 Å². The van der Waals surface area contributed by atoms with Crippen molar-refractivity contribution in [1.82, 2.24) is 24.8 Å².